The summed E-state index contributed by atoms with van der Waals surface area (Å²) in [5.41, 5.74) is 2.67. The van der Waals surface area contributed by atoms with Crippen molar-refractivity contribution in [1.29, 1.82) is 0 Å². The number of rotatable bonds is 3. The van der Waals surface area contributed by atoms with Crippen LogP contribution in [0.3, 0.4) is 0 Å². The van der Waals surface area contributed by atoms with Gasteiger partial charge in [-0.15, -0.1) is 0 Å². The largest absolute Gasteiger partial charge is 0.272 e. The first-order chi connectivity index (χ1) is 7.33. The van der Waals surface area contributed by atoms with E-state index in [-0.39, 0.29) is 17.9 Å². The van der Waals surface area contributed by atoms with Crippen molar-refractivity contribution in [3.8, 4) is 0 Å². The Labute approximate surface area is 90.5 Å². The normalized spacial score (nSPS) is 39.1. The van der Waals surface area contributed by atoms with E-state index < -0.39 is 0 Å². The lowest BCUT2D eigenvalue weighted by Crippen LogP contribution is -2.33. The summed E-state index contributed by atoms with van der Waals surface area (Å²) < 4.78 is 0. The van der Waals surface area contributed by atoms with Crippen molar-refractivity contribution < 1.29 is 9.63 Å². The smallest absolute Gasteiger partial charge is 0.246 e. The standard InChI is InChI=1S/C12H19NO2/c14-12(10-6-8-5-9(8)7-10)13-15-11-3-1-2-4-11/h8-11H,1-7H2,(H,13,14). The van der Waals surface area contributed by atoms with E-state index in [9.17, 15) is 4.79 Å². The molecule has 0 saturated heterocycles. The molecule has 2 unspecified atom stereocenters. The zero-order chi connectivity index (χ0) is 10.3. The Morgan fingerprint density at radius 1 is 1.07 bits per heavy atom. The number of hydrogen-bond donors (Lipinski definition) is 1. The predicted molar refractivity (Wildman–Crippen MR) is 55.8 cm³/mol. The minimum atomic E-state index is 0.133. The molecule has 1 N–H and O–H groups in total. The monoisotopic (exact) mass is 209 g/mol. The Kier molecular flexibility index (Phi) is 2.43. The van der Waals surface area contributed by atoms with Gasteiger partial charge in [-0.2, -0.15) is 0 Å². The number of nitrogens with one attached hydrogen (secondary N) is 1. The maximum atomic E-state index is 11.7. The molecule has 0 radical (unpaired) electrons. The number of fused-ring (bicyclic) bond motifs is 1. The summed E-state index contributed by atoms with van der Waals surface area (Å²) in [5.74, 6) is 2.11. The molecular formula is C12H19NO2. The van der Waals surface area contributed by atoms with Gasteiger partial charge in [0.1, 0.15) is 0 Å². The van der Waals surface area contributed by atoms with Crippen LogP contribution in [0.15, 0.2) is 0 Å². The van der Waals surface area contributed by atoms with Gasteiger partial charge >= 0.3 is 0 Å². The summed E-state index contributed by atoms with van der Waals surface area (Å²) in [6, 6.07) is 0. The van der Waals surface area contributed by atoms with Gasteiger partial charge < -0.3 is 0 Å². The Balaban J connectivity index is 1.41. The topological polar surface area (TPSA) is 38.3 Å². The fourth-order valence-corrected chi connectivity index (χ4v) is 3.16. The molecule has 0 bridgehead atoms. The van der Waals surface area contributed by atoms with Crippen LogP contribution in [0.5, 0.6) is 0 Å². The summed E-state index contributed by atoms with van der Waals surface area (Å²) in [5, 5.41) is 0. The Hall–Kier alpha value is -0.570. The molecular weight excluding hydrogens is 190 g/mol. The van der Waals surface area contributed by atoms with E-state index in [1.165, 1.54) is 19.3 Å². The molecule has 0 aromatic rings. The van der Waals surface area contributed by atoms with E-state index in [0.29, 0.717) is 0 Å². The minimum Gasteiger partial charge on any atom is -0.272 e. The summed E-state index contributed by atoms with van der Waals surface area (Å²) >= 11 is 0. The molecule has 2 atom stereocenters. The molecule has 3 heteroatoms. The van der Waals surface area contributed by atoms with Crippen molar-refractivity contribution in [1.82, 2.24) is 5.48 Å². The molecule has 84 valence electrons. The average molecular weight is 209 g/mol. The van der Waals surface area contributed by atoms with Gasteiger partial charge in [0.25, 0.3) is 0 Å². The molecule has 3 rings (SSSR count). The molecule has 3 nitrogen and oxygen atoms in total. The molecule has 0 spiro atoms. The molecule has 0 heterocycles. The summed E-state index contributed by atoms with van der Waals surface area (Å²) in [7, 11) is 0. The van der Waals surface area contributed by atoms with Crippen LogP contribution >= 0.6 is 0 Å². The first kappa shape index (κ1) is 9.64. The van der Waals surface area contributed by atoms with Gasteiger partial charge in [0, 0.05) is 5.92 Å². The first-order valence-electron chi connectivity index (χ1n) is 6.28. The lowest BCUT2D eigenvalue weighted by atomic mass is 10.0. The van der Waals surface area contributed by atoms with Crippen molar-refractivity contribution in [3.05, 3.63) is 0 Å². The van der Waals surface area contributed by atoms with Crippen LogP contribution in [0.2, 0.25) is 0 Å². The fraction of sp³-hybridized carbons (Fsp3) is 0.917. The van der Waals surface area contributed by atoms with Crippen LogP contribution in [0.4, 0.5) is 0 Å². The Morgan fingerprint density at radius 2 is 1.73 bits per heavy atom. The third kappa shape index (κ3) is 2.03. The highest BCUT2D eigenvalue weighted by Crippen LogP contribution is 2.54. The van der Waals surface area contributed by atoms with Crippen molar-refractivity contribution in [2.24, 2.45) is 17.8 Å². The van der Waals surface area contributed by atoms with Gasteiger partial charge in [-0.25, -0.2) is 5.48 Å². The number of hydrogen-bond acceptors (Lipinski definition) is 2. The SMILES string of the molecule is O=C(NOC1CCCC1)C1CC2CC2C1. The predicted octanol–water partition coefficient (Wildman–Crippen LogP) is 2.02. The van der Waals surface area contributed by atoms with E-state index in [1.807, 2.05) is 0 Å². The maximum Gasteiger partial charge on any atom is 0.246 e. The van der Waals surface area contributed by atoms with E-state index >= 15 is 0 Å². The first-order valence-corrected chi connectivity index (χ1v) is 6.28. The van der Waals surface area contributed by atoms with Crippen LogP contribution in [-0.2, 0) is 9.63 Å². The zero-order valence-corrected chi connectivity index (χ0v) is 9.08. The second-order valence-electron chi connectivity index (χ2n) is 5.41. The quantitative estimate of drug-likeness (QED) is 0.722. The fourth-order valence-electron chi connectivity index (χ4n) is 3.16. The van der Waals surface area contributed by atoms with E-state index in [2.05, 4.69) is 5.48 Å². The van der Waals surface area contributed by atoms with Gasteiger partial charge in [0.2, 0.25) is 5.91 Å². The van der Waals surface area contributed by atoms with Crippen molar-refractivity contribution >= 4 is 5.91 Å². The second kappa shape index (κ2) is 3.78. The molecule has 0 aliphatic heterocycles. The highest BCUT2D eigenvalue weighted by molar-refractivity contribution is 5.78. The highest BCUT2D eigenvalue weighted by atomic mass is 16.7. The zero-order valence-electron chi connectivity index (χ0n) is 9.08. The minimum absolute atomic E-state index is 0.133. The number of amides is 1. The van der Waals surface area contributed by atoms with Crippen LogP contribution < -0.4 is 5.48 Å². The third-order valence-electron chi connectivity index (χ3n) is 4.24. The molecule has 3 aliphatic carbocycles. The molecule has 0 aromatic carbocycles. The molecule has 3 fully saturated rings. The average Bonchev–Trinajstić information content (AvgIpc) is 2.75. The van der Waals surface area contributed by atoms with Gasteiger partial charge in [-0.1, -0.05) is 12.8 Å². The maximum absolute atomic E-state index is 11.7. The van der Waals surface area contributed by atoms with Crippen LogP contribution in [0.1, 0.15) is 44.9 Å². The molecule has 3 saturated carbocycles. The van der Waals surface area contributed by atoms with Crippen LogP contribution in [-0.4, -0.2) is 12.0 Å². The lowest BCUT2D eigenvalue weighted by Gasteiger charge is -2.15. The molecule has 1 amide bonds. The van der Waals surface area contributed by atoms with Crippen molar-refractivity contribution in [2.75, 3.05) is 0 Å². The highest BCUT2D eigenvalue weighted by Gasteiger charge is 2.48. The summed E-state index contributed by atoms with van der Waals surface area (Å²) in [4.78, 5) is 17.2. The van der Waals surface area contributed by atoms with E-state index in [0.717, 1.165) is 37.5 Å². The van der Waals surface area contributed by atoms with Gasteiger partial charge in [-0.3, -0.25) is 9.63 Å². The number of carbonyl (C=O) groups is 1. The molecule has 0 aromatic heterocycles. The number of hydroxylamine groups is 1. The van der Waals surface area contributed by atoms with E-state index in [4.69, 9.17) is 4.84 Å². The number of carbonyl (C=O) groups excluding carboxylic acids is 1. The Bertz CT molecular complexity index is 250. The Morgan fingerprint density at radius 3 is 2.40 bits per heavy atom. The summed E-state index contributed by atoms with van der Waals surface area (Å²) in [6.07, 6.45) is 8.56. The van der Waals surface area contributed by atoms with Crippen LogP contribution in [0.25, 0.3) is 0 Å². The van der Waals surface area contributed by atoms with E-state index in [1.54, 1.807) is 0 Å². The van der Waals surface area contributed by atoms with Crippen molar-refractivity contribution in [2.45, 2.75) is 51.0 Å². The van der Waals surface area contributed by atoms with Crippen LogP contribution in [0, 0.1) is 17.8 Å². The lowest BCUT2D eigenvalue weighted by molar-refractivity contribution is -0.142. The third-order valence-corrected chi connectivity index (χ3v) is 4.24. The second-order valence-corrected chi connectivity index (χ2v) is 5.41. The molecule has 3 aliphatic rings. The van der Waals surface area contributed by atoms with Gasteiger partial charge in [0.05, 0.1) is 6.10 Å². The summed E-state index contributed by atoms with van der Waals surface area (Å²) in [6.45, 7) is 0. The molecule has 15 heavy (non-hydrogen) atoms. The van der Waals surface area contributed by atoms with Gasteiger partial charge in [0.15, 0.2) is 0 Å². The van der Waals surface area contributed by atoms with Gasteiger partial charge in [-0.05, 0) is 43.9 Å². The van der Waals surface area contributed by atoms with Crippen molar-refractivity contribution in [3.63, 3.8) is 0 Å².